The lowest BCUT2D eigenvalue weighted by atomic mass is 10.1. The van der Waals surface area contributed by atoms with Gasteiger partial charge in [-0.15, -0.1) is 0 Å². The lowest BCUT2D eigenvalue weighted by Crippen LogP contribution is -2.12. The Hall–Kier alpha value is -2.41. The molecule has 2 aromatic heterocycles. The summed E-state index contributed by atoms with van der Waals surface area (Å²) in [6, 6.07) is 8.95. The summed E-state index contributed by atoms with van der Waals surface area (Å²) in [5.74, 6) is 0.980. The maximum Gasteiger partial charge on any atom is 0.260 e. The number of rotatable bonds is 3. The van der Waals surface area contributed by atoms with E-state index >= 15 is 0 Å². The molecule has 0 spiro atoms. The molecule has 6 nitrogen and oxygen atoms in total. The Labute approximate surface area is 128 Å². The molecule has 1 amide bonds. The number of para-hydroxylation sites is 1. The van der Waals surface area contributed by atoms with E-state index in [1.807, 2.05) is 25.1 Å². The van der Waals surface area contributed by atoms with Gasteiger partial charge in [0.2, 0.25) is 0 Å². The van der Waals surface area contributed by atoms with Gasteiger partial charge in [-0.25, -0.2) is 4.98 Å². The van der Waals surface area contributed by atoms with E-state index in [0.29, 0.717) is 27.6 Å². The summed E-state index contributed by atoms with van der Waals surface area (Å²) < 4.78 is 5.46. The highest BCUT2D eigenvalue weighted by atomic mass is 79.9. The number of nitrogens with one attached hydrogen (secondary N) is 2. The van der Waals surface area contributed by atoms with E-state index in [0.717, 1.165) is 5.56 Å². The summed E-state index contributed by atoms with van der Waals surface area (Å²) in [6.45, 7) is 1.82. The van der Waals surface area contributed by atoms with E-state index in [1.54, 1.807) is 12.1 Å². The first kappa shape index (κ1) is 13.6. The summed E-state index contributed by atoms with van der Waals surface area (Å²) in [5.41, 5.74) is 1.81. The quantitative estimate of drug-likeness (QED) is 0.761. The number of hydrogen-bond donors (Lipinski definition) is 2. The number of H-pyrrole nitrogens is 1. The number of hydrogen-bond acceptors (Lipinski definition) is 4. The lowest BCUT2D eigenvalue weighted by Gasteiger charge is -2.08. The van der Waals surface area contributed by atoms with Gasteiger partial charge >= 0.3 is 0 Å². The second kappa shape index (κ2) is 5.53. The molecule has 0 saturated carbocycles. The van der Waals surface area contributed by atoms with Gasteiger partial charge in [-0.3, -0.25) is 9.89 Å². The average molecular weight is 347 g/mol. The number of furan rings is 1. The van der Waals surface area contributed by atoms with Crippen LogP contribution < -0.4 is 5.32 Å². The number of aromatic amines is 1. The van der Waals surface area contributed by atoms with E-state index < -0.39 is 0 Å². The second-order valence-corrected chi connectivity index (χ2v) is 5.07. The number of benzene rings is 1. The molecule has 3 aromatic rings. The Morgan fingerprint density at radius 2 is 2.14 bits per heavy atom. The minimum atomic E-state index is -0.268. The zero-order chi connectivity index (χ0) is 14.8. The van der Waals surface area contributed by atoms with Crippen LogP contribution in [0.15, 0.2) is 45.7 Å². The highest BCUT2D eigenvalue weighted by Crippen LogP contribution is 2.26. The van der Waals surface area contributed by atoms with Crippen molar-refractivity contribution in [2.45, 2.75) is 6.92 Å². The second-order valence-electron chi connectivity index (χ2n) is 4.35. The number of amides is 1. The van der Waals surface area contributed by atoms with Crippen molar-refractivity contribution >= 4 is 27.5 Å². The van der Waals surface area contributed by atoms with E-state index in [2.05, 4.69) is 36.4 Å². The molecule has 0 radical (unpaired) electrons. The van der Waals surface area contributed by atoms with Crippen LogP contribution in [0.2, 0.25) is 0 Å². The van der Waals surface area contributed by atoms with Gasteiger partial charge in [0.15, 0.2) is 10.5 Å². The van der Waals surface area contributed by atoms with Crippen molar-refractivity contribution in [2.75, 3.05) is 5.32 Å². The number of carbonyl (C=O) groups excluding carboxylic acids is 1. The van der Waals surface area contributed by atoms with Gasteiger partial charge < -0.3 is 9.73 Å². The smallest absolute Gasteiger partial charge is 0.260 e. The Morgan fingerprint density at radius 1 is 1.33 bits per heavy atom. The average Bonchev–Trinajstić information content (AvgIpc) is 3.08. The standard InChI is InChI=1S/C14H11BrN4O2/c1-8-16-13(19-18-8)9-4-2-3-5-11(9)17-14(20)10-6-7-21-12(10)15/h2-7H,1H3,(H,17,20)(H,16,18,19). The SMILES string of the molecule is Cc1nc(-c2ccccc2NC(=O)c2ccoc2Br)n[nH]1. The lowest BCUT2D eigenvalue weighted by molar-refractivity contribution is 0.102. The van der Waals surface area contributed by atoms with Crippen LogP contribution in [0.25, 0.3) is 11.4 Å². The Bertz CT molecular complexity index is 794. The van der Waals surface area contributed by atoms with E-state index in [4.69, 9.17) is 4.42 Å². The molecule has 1 aromatic carbocycles. The first-order valence-corrected chi connectivity index (χ1v) is 6.97. The molecule has 0 saturated heterocycles. The zero-order valence-electron chi connectivity index (χ0n) is 11.1. The number of nitrogens with zero attached hydrogens (tertiary/aromatic N) is 2. The molecule has 21 heavy (non-hydrogen) atoms. The van der Waals surface area contributed by atoms with Crippen molar-refractivity contribution in [3.05, 3.63) is 52.7 Å². The molecule has 2 N–H and O–H groups in total. The maximum absolute atomic E-state index is 12.2. The van der Waals surface area contributed by atoms with Gasteiger partial charge in [-0.05, 0) is 41.1 Å². The van der Waals surface area contributed by atoms with Gasteiger partial charge in [0, 0.05) is 5.56 Å². The topological polar surface area (TPSA) is 83.8 Å². The first-order valence-electron chi connectivity index (χ1n) is 6.18. The Kier molecular flexibility index (Phi) is 3.57. The van der Waals surface area contributed by atoms with Gasteiger partial charge in [0.05, 0.1) is 17.5 Å². The molecule has 0 aliphatic rings. The predicted molar refractivity (Wildman–Crippen MR) is 80.9 cm³/mol. The minimum Gasteiger partial charge on any atom is -0.457 e. The Morgan fingerprint density at radius 3 is 2.81 bits per heavy atom. The highest BCUT2D eigenvalue weighted by Gasteiger charge is 2.16. The van der Waals surface area contributed by atoms with Crippen molar-refractivity contribution in [1.82, 2.24) is 15.2 Å². The molecular weight excluding hydrogens is 336 g/mol. The summed E-state index contributed by atoms with van der Waals surface area (Å²) in [6.07, 6.45) is 1.45. The van der Waals surface area contributed by atoms with Crippen LogP contribution in [-0.4, -0.2) is 21.1 Å². The first-order chi connectivity index (χ1) is 10.1. The molecule has 0 unspecified atom stereocenters. The van der Waals surface area contributed by atoms with Crippen LogP contribution in [0.4, 0.5) is 5.69 Å². The predicted octanol–water partition coefficient (Wildman–Crippen LogP) is 3.39. The monoisotopic (exact) mass is 346 g/mol. The molecular formula is C14H11BrN4O2. The highest BCUT2D eigenvalue weighted by molar-refractivity contribution is 9.10. The number of halogens is 1. The molecule has 106 valence electrons. The van der Waals surface area contributed by atoms with E-state index in [-0.39, 0.29) is 5.91 Å². The van der Waals surface area contributed by atoms with Crippen LogP contribution in [0, 0.1) is 6.92 Å². The zero-order valence-corrected chi connectivity index (χ0v) is 12.6. The van der Waals surface area contributed by atoms with Crippen molar-refractivity contribution in [1.29, 1.82) is 0 Å². The van der Waals surface area contributed by atoms with Crippen molar-refractivity contribution in [3.63, 3.8) is 0 Å². The third-order valence-corrected chi connectivity index (χ3v) is 3.49. The van der Waals surface area contributed by atoms with Crippen molar-refractivity contribution < 1.29 is 9.21 Å². The van der Waals surface area contributed by atoms with Gasteiger partial charge in [0.25, 0.3) is 5.91 Å². The maximum atomic E-state index is 12.2. The van der Waals surface area contributed by atoms with Crippen LogP contribution >= 0.6 is 15.9 Å². The minimum absolute atomic E-state index is 0.268. The summed E-state index contributed by atoms with van der Waals surface area (Å²) in [7, 11) is 0. The van der Waals surface area contributed by atoms with Crippen LogP contribution in [0.5, 0.6) is 0 Å². The van der Waals surface area contributed by atoms with Gasteiger partial charge in [-0.1, -0.05) is 12.1 Å². The normalized spacial score (nSPS) is 10.6. The summed E-state index contributed by atoms with van der Waals surface area (Å²) in [5, 5.41) is 9.75. The van der Waals surface area contributed by atoms with E-state index in [1.165, 1.54) is 6.26 Å². The largest absolute Gasteiger partial charge is 0.457 e. The van der Waals surface area contributed by atoms with Crippen LogP contribution in [-0.2, 0) is 0 Å². The molecule has 3 rings (SSSR count). The number of aromatic nitrogens is 3. The number of carbonyl (C=O) groups is 1. The van der Waals surface area contributed by atoms with Gasteiger partial charge in [0.1, 0.15) is 5.82 Å². The molecule has 0 fully saturated rings. The third-order valence-electron chi connectivity index (χ3n) is 2.88. The fraction of sp³-hybridized carbons (Fsp3) is 0.0714. The fourth-order valence-electron chi connectivity index (χ4n) is 1.90. The van der Waals surface area contributed by atoms with E-state index in [9.17, 15) is 4.79 Å². The fourth-order valence-corrected chi connectivity index (χ4v) is 2.32. The van der Waals surface area contributed by atoms with Crippen LogP contribution in [0.3, 0.4) is 0 Å². The van der Waals surface area contributed by atoms with Crippen LogP contribution in [0.1, 0.15) is 16.2 Å². The third kappa shape index (κ3) is 2.73. The molecule has 0 bridgehead atoms. The Balaban J connectivity index is 1.93. The van der Waals surface area contributed by atoms with Crippen molar-refractivity contribution in [3.8, 4) is 11.4 Å². The van der Waals surface area contributed by atoms with Crippen molar-refractivity contribution in [2.24, 2.45) is 0 Å². The van der Waals surface area contributed by atoms with Gasteiger partial charge in [-0.2, -0.15) is 5.10 Å². The summed E-state index contributed by atoms with van der Waals surface area (Å²) in [4.78, 5) is 16.5. The number of aryl methyl sites for hydroxylation is 1. The summed E-state index contributed by atoms with van der Waals surface area (Å²) >= 11 is 3.19. The number of anilines is 1. The molecule has 7 heteroatoms. The molecule has 0 atom stereocenters. The molecule has 2 heterocycles. The molecule has 0 aliphatic heterocycles. The molecule has 0 aliphatic carbocycles.